The summed E-state index contributed by atoms with van der Waals surface area (Å²) < 4.78 is 4.76. The van der Waals surface area contributed by atoms with E-state index in [0.717, 1.165) is 29.1 Å². The molecule has 134 valence electrons. The number of halogens is 1. The van der Waals surface area contributed by atoms with Gasteiger partial charge in [0.25, 0.3) is 0 Å². The zero-order valence-electron chi connectivity index (χ0n) is 15.2. The fourth-order valence-electron chi connectivity index (χ4n) is 2.40. The molecule has 2 unspecified atom stereocenters. The maximum Gasteiger partial charge on any atom is 0.213 e. The molecule has 5 heteroatoms. The molecule has 24 heavy (non-hydrogen) atoms. The van der Waals surface area contributed by atoms with Gasteiger partial charge in [-0.25, -0.2) is 0 Å². The number of hydrogen-bond acceptors (Lipinski definition) is 4. The second-order valence-corrected chi connectivity index (χ2v) is 6.41. The first-order valence-corrected chi connectivity index (χ1v) is 8.51. The van der Waals surface area contributed by atoms with Crippen LogP contribution in [0.15, 0.2) is 35.9 Å². The van der Waals surface area contributed by atoms with Crippen LogP contribution in [0.4, 0.5) is 5.69 Å². The molecule has 0 radical (unpaired) electrons. The Morgan fingerprint density at radius 1 is 1.42 bits per heavy atom. The largest absolute Gasteiger partial charge is 0.387 e. The molecule has 0 spiro atoms. The molecule has 0 aliphatic carbocycles. The maximum absolute atomic E-state index is 9.34. The Morgan fingerprint density at radius 3 is 2.75 bits per heavy atom. The van der Waals surface area contributed by atoms with E-state index in [-0.39, 0.29) is 6.04 Å². The number of aliphatic hydroxyl groups excluding tert-OH is 1. The number of aryl methyl sites for hydroxylation is 1. The molecule has 0 heterocycles. The Labute approximate surface area is 150 Å². The number of ether oxygens (including phenoxy) is 1. The molecule has 0 saturated carbocycles. The van der Waals surface area contributed by atoms with E-state index in [9.17, 15) is 5.11 Å². The summed E-state index contributed by atoms with van der Waals surface area (Å²) in [5.41, 5.74) is 4.55. The van der Waals surface area contributed by atoms with Crippen LogP contribution in [-0.2, 0) is 11.2 Å². The lowest BCUT2D eigenvalue weighted by Crippen LogP contribution is -2.37. The monoisotopic (exact) mass is 352 g/mol. The molecule has 1 aromatic rings. The Bertz CT molecular complexity index is 585. The minimum atomic E-state index is -0.916. The van der Waals surface area contributed by atoms with Crippen molar-refractivity contribution in [3.63, 3.8) is 0 Å². The van der Waals surface area contributed by atoms with Gasteiger partial charge in [0.15, 0.2) is 0 Å². The van der Waals surface area contributed by atoms with E-state index in [1.165, 1.54) is 18.2 Å². The summed E-state index contributed by atoms with van der Waals surface area (Å²) in [4.78, 5) is 0. The SMILES string of the molecule is CNc1cc(C/C(C)=C/C=C/CC(C)NC(O)OC)cc(C)c1Cl. The predicted octanol–water partition coefficient (Wildman–Crippen LogP) is 4.03. The fraction of sp³-hybridized carbons (Fsp3) is 0.474. The van der Waals surface area contributed by atoms with Crippen molar-refractivity contribution in [2.75, 3.05) is 19.5 Å². The highest BCUT2D eigenvalue weighted by atomic mass is 35.5. The number of methoxy groups -OCH3 is 1. The topological polar surface area (TPSA) is 53.5 Å². The number of anilines is 1. The zero-order valence-corrected chi connectivity index (χ0v) is 15.9. The summed E-state index contributed by atoms with van der Waals surface area (Å²) in [6.45, 7) is 6.14. The molecule has 0 amide bonds. The summed E-state index contributed by atoms with van der Waals surface area (Å²) in [5.74, 6) is 0. The van der Waals surface area contributed by atoms with Crippen molar-refractivity contribution in [1.29, 1.82) is 0 Å². The third-order valence-corrected chi connectivity index (χ3v) is 4.23. The molecule has 2 atom stereocenters. The smallest absolute Gasteiger partial charge is 0.213 e. The van der Waals surface area contributed by atoms with Gasteiger partial charge in [0.2, 0.25) is 6.41 Å². The number of allylic oxidation sites excluding steroid dienone is 3. The van der Waals surface area contributed by atoms with Gasteiger partial charge in [0, 0.05) is 20.2 Å². The quantitative estimate of drug-likeness (QED) is 0.464. The van der Waals surface area contributed by atoms with Gasteiger partial charge in [-0.05, 0) is 50.8 Å². The number of rotatable bonds is 9. The molecular formula is C19H29ClN2O2. The highest BCUT2D eigenvalue weighted by Crippen LogP contribution is 2.27. The van der Waals surface area contributed by atoms with Crippen molar-refractivity contribution < 1.29 is 9.84 Å². The second kappa shape index (κ2) is 10.5. The molecule has 0 fully saturated rings. The summed E-state index contributed by atoms with van der Waals surface area (Å²) in [7, 11) is 3.34. The van der Waals surface area contributed by atoms with E-state index in [1.54, 1.807) is 0 Å². The van der Waals surface area contributed by atoms with Crippen LogP contribution in [-0.4, -0.2) is 31.7 Å². The van der Waals surface area contributed by atoms with Crippen LogP contribution < -0.4 is 10.6 Å². The molecule has 1 aromatic carbocycles. The molecule has 0 aliphatic rings. The lowest BCUT2D eigenvalue weighted by molar-refractivity contribution is -0.102. The van der Waals surface area contributed by atoms with Crippen LogP contribution in [0.3, 0.4) is 0 Å². The molecule has 0 aliphatic heterocycles. The minimum Gasteiger partial charge on any atom is -0.387 e. The summed E-state index contributed by atoms with van der Waals surface area (Å²) in [6.07, 6.45) is 7.02. The Morgan fingerprint density at radius 2 is 2.12 bits per heavy atom. The summed E-state index contributed by atoms with van der Waals surface area (Å²) >= 11 is 6.26. The number of aliphatic hydroxyl groups is 1. The average Bonchev–Trinajstić information content (AvgIpc) is 2.54. The molecular weight excluding hydrogens is 324 g/mol. The van der Waals surface area contributed by atoms with Crippen LogP contribution in [0.25, 0.3) is 0 Å². The van der Waals surface area contributed by atoms with E-state index in [2.05, 4.69) is 47.9 Å². The van der Waals surface area contributed by atoms with Crippen LogP contribution >= 0.6 is 11.6 Å². The van der Waals surface area contributed by atoms with Crippen molar-refractivity contribution in [3.8, 4) is 0 Å². The van der Waals surface area contributed by atoms with Crippen LogP contribution in [0.5, 0.6) is 0 Å². The van der Waals surface area contributed by atoms with E-state index in [1.807, 2.05) is 20.9 Å². The molecule has 4 nitrogen and oxygen atoms in total. The van der Waals surface area contributed by atoms with Crippen molar-refractivity contribution in [1.82, 2.24) is 5.32 Å². The summed E-state index contributed by atoms with van der Waals surface area (Å²) in [6, 6.07) is 4.36. The van der Waals surface area contributed by atoms with Gasteiger partial charge in [0.05, 0.1) is 10.7 Å². The number of hydrogen-bond donors (Lipinski definition) is 3. The van der Waals surface area contributed by atoms with Crippen LogP contribution in [0.2, 0.25) is 5.02 Å². The van der Waals surface area contributed by atoms with Crippen LogP contribution in [0, 0.1) is 6.92 Å². The number of benzene rings is 1. The molecule has 0 bridgehead atoms. The van der Waals surface area contributed by atoms with Crippen molar-refractivity contribution in [2.45, 2.75) is 46.1 Å². The maximum atomic E-state index is 9.34. The first-order valence-electron chi connectivity index (χ1n) is 8.13. The molecule has 3 N–H and O–H groups in total. The zero-order chi connectivity index (χ0) is 18.1. The normalized spacial score (nSPS) is 14.9. The fourth-order valence-corrected chi connectivity index (χ4v) is 2.61. The number of nitrogens with one attached hydrogen (secondary N) is 2. The Balaban J connectivity index is 2.58. The van der Waals surface area contributed by atoms with E-state index in [0.29, 0.717) is 0 Å². The van der Waals surface area contributed by atoms with Gasteiger partial charge in [-0.15, -0.1) is 0 Å². The Kier molecular flexibility index (Phi) is 9.08. The second-order valence-electron chi connectivity index (χ2n) is 6.03. The van der Waals surface area contributed by atoms with Crippen molar-refractivity contribution in [2.24, 2.45) is 0 Å². The van der Waals surface area contributed by atoms with E-state index in [4.69, 9.17) is 16.3 Å². The average molecular weight is 353 g/mol. The van der Waals surface area contributed by atoms with Gasteiger partial charge in [-0.3, -0.25) is 5.32 Å². The summed E-state index contributed by atoms with van der Waals surface area (Å²) in [5, 5.41) is 16.2. The van der Waals surface area contributed by atoms with Crippen LogP contribution in [0.1, 0.15) is 31.4 Å². The molecule has 0 aromatic heterocycles. The Hall–Kier alpha value is -1.33. The van der Waals surface area contributed by atoms with Gasteiger partial charge in [0.1, 0.15) is 0 Å². The van der Waals surface area contributed by atoms with Gasteiger partial charge in [-0.1, -0.05) is 41.5 Å². The highest BCUT2D eigenvalue weighted by molar-refractivity contribution is 6.34. The van der Waals surface area contributed by atoms with Gasteiger partial charge >= 0.3 is 0 Å². The minimum absolute atomic E-state index is 0.141. The van der Waals surface area contributed by atoms with Crippen molar-refractivity contribution >= 4 is 17.3 Å². The van der Waals surface area contributed by atoms with E-state index < -0.39 is 6.41 Å². The van der Waals surface area contributed by atoms with E-state index >= 15 is 0 Å². The standard InChI is InChI=1S/C19H29ClN2O2/c1-13(8-6-7-9-15(3)22-19(23)24-5)10-16-11-14(2)18(20)17(12-16)21-4/h6-8,11-12,15,19,21-23H,9-10H2,1-5H3/b7-6+,13-8+. The van der Waals surface area contributed by atoms with Crippen molar-refractivity contribution in [3.05, 3.63) is 52.1 Å². The third kappa shape index (κ3) is 7.05. The molecule has 1 rings (SSSR count). The lowest BCUT2D eigenvalue weighted by atomic mass is 10.0. The van der Waals surface area contributed by atoms with Gasteiger partial charge < -0.3 is 15.2 Å². The lowest BCUT2D eigenvalue weighted by Gasteiger charge is -2.15. The predicted molar refractivity (Wildman–Crippen MR) is 103 cm³/mol. The third-order valence-electron chi connectivity index (χ3n) is 3.72. The first kappa shape index (κ1) is 20.7. The first-order chi connectivity index (χ1) is 11.4. The molecule has 0 saturated heterocycles. The van der Waals surface area contributed by atoms with Gasteiger partial charge in [-0.2, -0.15) is 0 Å². The highest BCUT2D eigenvalue weighted by Gasteiger charge is 2.06.